The number of carbonyl (C=O) groups excluding carboxylic acids is 1. The quantitative estimate of drug-likeness (QED) is 0.564. The summed E-state index contributed by atoms with van der Waals surface area (Å²) in [5.41, 5.74) is 8.76. The van der Waals surface area contributed by atoms with E-state index in [0.29, 0.717) is 16.1 Å². The number of nitrogens with two attached hydrogens (primary N) is 1. The number of benzene rings is 2. The lowest BCUT2D eigenvalue weighted by Crippen LogP contribution is -2.02. The Kier molecular flexibility index (Phi) is 3.77. The smallest absolute Gasteiger partial charge is 0.203 e. The van der Waals surface area contributed by atoms with Gasteiger partial charge in [-0.3, -0.25) is 4.79 Å². The third kappa shape index (κ3) is 2.78. The van der Waals surface area contributed by atoms with Crippen molar-refractivity contribution in [3.05, 3.63) is 76.4 Å². The third-order valence-corrected chi connectivity index (χ3v) is 4.60. The first-order chi connectivity index (χ1) is 10.5. The number of hydrogen-bond acceptors (Lipinski definition) is 3. The van der Waals surface area contributed by atoms with E-state index in [0.717, 1.165) is 16.0 Å². The van der Waals surface area contributed by atoms with Gasteiger partial charge in [-0.15, -0.1) is 11.3 Å². The van der Waals surface area contributed by atoms with E-state index < -0.39 is 0 Å². The molecule has 0 bridgehead atoms. The van der Waals surface area contributed by atoms with Crippen LogP contribution in [0.15, 0.2) is 54.6 Å². The Morgan fingerprint density at radius 3 is 2.50 bits per heavy atom. The van der Waals surface area contributed by atoms with Gasteiger partial charge in [0.1, 0.15) is 5.82 Å². The van der Waals surface area contributed by atoms with Gasteiger partial charge in [-0.1, -0.05) is 18.2 Å². The molecule has 0 aliphatic heterocycles. The van der Waals surface area contributed by atoms with Crippen LogP contribution in [0.4, 0.5) is 10.1 Å². The van der Waals surface area contributed by atoms with Crippen LogP contribution in [0.3, 0.4) is 0 Å². The summed E-state index contributed by atoms with van der Waals surface area (Å²) in [6.07, 6.45) is 0. The highest BCUT2D eigenvalue weighted by molar-refractivity contribution is 7.17. The summed E-state index contributed by atoms with van der Waals surface area (Å²) in [7, 11) is 0. The standard InChI is InChI=1S/C18H14FNOS/c1-11-2-7-14(20)10-15(11)18(21)17-9-8-16(22-17)12-3-5-13(19)6-4-12/h2-10H,20H2,1H3. The number of ketones is 1. The van der Waals surface area contributed by atoms with E-state index in [9.17, 15) is 9.18 Å². The summed E-state index contributed by atoms with van der Waals surface area (Å²) in [6.45, 7) is 1.89. The summed E-state index contributed by atoms with van der Waals surface area (Å²) in [5.74, 6) is -0.310. The van der Waals surface area contributed by atoms with Gasteiger partial charge in [0.15, 0.2) is 0 Å². The molecule has 2 N–H and O–H groups in total. The SMILES string of the molecule is Cc1ccc(N)cc1C(=O)c1ccc(-c2ccc(F)cc2)s1. The Morgan fingerprint density at radius 2 is 1.77 bits per heavy atom. The number of nitrogen functional groups attached to an aromatic ring is 1. The highest BCUT2D eigenvalue weighted by Crippen LogP contribution is 2.30. The molecule has 3 aromatic rings. The molecule has 1 heterocycles. The van der Waals surface area contributed by atoms with Crippen molar-refractivity contribution in [3.63, 3.8) is 0 Å². The Morgan fingerprint density at radius 1 is 1.05 bits per heavy atom. The van der Waals surface area contributed by atoms with E-state index in [4.69, 9.17) is 5.73 Å². The molecule has 22 heavy (non-hydrogen) atoms. The number of halogens is 1. The van der Waals surface area contributed by atoms with Gasteiger partial charge in [0.05, 0.1) is 4.88 Å². The van der Waals surface area contributed by atoms with Crippen molar-refractivity contribution < 1.29 is 9.18 Å². The number of rotatable bonds is 3. The zero-order chi connectivity index (χ0) is 15.7. The summed E-state index contributed by atoms with van der Waals surface area (Å²) < 4.78 is 13.0. The van der Waals surface area contributed by atoms with Gasteiger partial charge in [-0.2, -0.15) is 0 Å². The molecule has 4 heteroatoms. The molecule has 2 aromatic carbocycles. The van der Waals surface area contributed by atoms with Crippen LogP contribution >= 0.6 is 11.3 Å². The van der Waals surface area contributed by atoms with Crippen LogP contribution in [-0.2, 0) is 0 Å². The van der Waals surface area contributed by atoms with E-state index in [1.807, 2.05) is 19.1 Å². The molecule has 0 aliphatic carbocycles. The van der Waals surface area contributed by atoms with Gasteiger partial charge < -0.3 is 5.73 Å². The number of anilines is 1. The van der Waals surface area contributed by atoms with Crippen molar-refractivity contribution >= 4 is 22.8 Å². The van der Waals surface area contributed by atoms with E-state index in [2.05, 4.69) is 0 Å². The minimum absolute atomic E-state index is 0.0387. The first-order valence-corrected chi connectivity index (χ1v) is 7.63. The van der Waals surface area contributed by atoms with Crippen molar-refractivity contribution in [3.8, 4) is 10.4 Å². The highest BCUT2D eigenvalue weighted by Gasteiger charge is 2.15. The van der Waals surface area contributed by atoms with Crippen molar-refractivity contribution in [2.75, 3.05) is 5.73 Å². The monoisotopic (exact) mass is 311 g/mol. The fourth-order valence-electron chi connectivity index (χ4n) is 2.25. The zero-order valence-electron chi connectivity index (χ0n) is 12.0. The van der Waals surface area contributed by atoms with Crippen molar-refractivity contribution in [2.45, 2.75) is 6.92 Å². The third-order valence-electron chi connectivity index (χ3n) is 3.46. The average Bonchev–Trinajstić information content (AvgIpc) is 2.99. The molecule has 0 atom stereocenters. The predicted octanol–water partition coefficient (Wildman–Crippen LogP) is 4.68. The molecule has 0 unspecified atom stereocenters. The Bertz CT molecular complexity index is 837. The molecule has 0 saturated heterocycles. The lowest BCUT2D eigenvalue weighted by atomic mass is 10.0. The first-order valence-electron chi connectivity index (χ1n) is 6.81. The molecule has 1 aromatic heterocycles. The molecule has 0 amide bonds. The maximum Gasteiger partial charge on any atom is 0.203 e. The van der Waals surface area contributed by atoms with Crippen molar-refractivity contribution in [2.24, 2.45) is 0 Å². The Hall–Kier alpha value is -2.46. The van der Waals surface area contributed by atoms with Gasteiger partial charge >= 0.3 is 0 Å². The summed E-state index contributed by atoms with van der Waals surface area (Å²) >= 11 is 1.40. The van der Waals surface area contributed by atoms with E-state index >= 15 is 0 Å². The minimum atomic E-state index is -0.271. The zero-order valence-corrected chi connectivity index (χ0v) is 12.8. The van der Waals surface area contributed by atoms with Crippen LogP contribution in [0.5, 0.6) is 0 Å². The number of hydrogen-bond donors (Lipinski definition) is 1. The maximum atomic E-state index is 13.0. The average molecular weight is 311 g/mol. The fourth-order valence-corrected chi connectivity index (χ4v) is 3.21. The summed E-state index contributed by atoms with van der Waals surface area (Å²) in [5, 5.41) is 0. The fraction of sp³-hybridized carbons (Fsp3) is 0.0556. The molecule has 0 saturated carbocycles. The van der Waals surface area contributed by atoms with Gasteiger partial charge in [0, 0.05) is 16.1 Å². The van der Waals surface area contributed by atoms with Crippen LogP contribution < -0.4 is 5.73 Å². The molecule has 0 spiro atoms. The second-order valence-electron chi connectivity index (χ2n) is 5.07. The van der Waals surface area contributed by atoms with Gasteiger partial charge in [-0.05, 0) is 54.4 Å². The second kappa shape index (κ2) is 5.73. The normalized spacial score (nSPS) is 10.6. The molecule has 0 fully saturated rings. The van der Waals surface area contributed by atoms with Crippen molar-refractivity contribution in [1.82, 2.24) is 0 Å². The molecule has 3 rings (SSSR count). The lowest BCUT2D eigenvalue weighted by Gasteiger charge is -2.04. The first kappa shape index (κ1) is 14.5. The van der Waals surface area contributed by atoms with Crippen LogP contribution in [0.2, 0.25) is 0 Å². The lowest BCUT2D eigenvalue weighted by molar-refractivity contribution is 0.104. The topological polar surface area (TPSA) is 43.1 Å². The molecule has 110 valence electrons. The largest absolute Gasteiger partial charge is 0.399 e. The van der Waals surface area contributed by atoms with Crippen LogP contribution in [-0.4, -0.2) is 5.78 Å². The highest BCUT2D eigenvalue weighted by atomic mass is 32.1. The van der Waals surface area contributed by atoms with Gasteiger partial charge in [0.25, 0.3) is 0 Å². The number of carbonyl (C=O) groups is 1. The number of aryl methyl sites for hydroxylation is 1. The molecular formula is C18H14FNOS. The Labute approximate surface area is 132 Å². The van der Waals surface area contributed by atoms with Gasteiger partial charge in [0.2, 0.25) is 5.78 Å². The maximum absolute atomic E-state index is 13.0. The predicted molar refractivity (Wildman–Crippen MR) is 88.7 cm³/mol. The molecular weight excluding hydrogens is 297 g/mol. The van der Waals surface area contributed by atoms with E-state index in [1.54, 1.807) is 30.3 Å². The Balaban J connectivity index is 1.95. The minimum Gasteiger partial charge on any atom is -0.399 e. The van der Waals surface area contributed by atoms with Gasteiger partial charge in [-0.25, -0.2) is 4.39 Å². The van der Waals surface area contributed by atoms with Crippen molar-refractivity contribution in [1.29, 1.82) is 0 Å². The summed E-state index contributed by atoms with van der Waals surface area (Å²) in [4.78, 5) is 14.2. The number of thiophene rings is 1. The molecule has 0 aliphatic rings. The second-order valence-corrected chi connectivity index (χ2v) is 6.16. The molecule has 2 nitrogen and oxygen atoms in total. The van der Waals surface area contributed by atoms with E-state index in [-0.39, 0.29) is 11.6 Å². The summed E-state index contributed by atoms with van der Waals surface area (Å²) in [6, 6.07) is 15.3. The van der Waals surface area contributed by atoms with Crippen LogP contribution in [0.1, 0.15) is 20.8 Å². The van der Waals surface area contributed by atoms with Crippen LogP contribution in [0.25, 0.3) is 10.4 Å². The van der Waals surface area contributed by atoms with E-state index in [1.165, 1.54) is 23.5 Å². The molecule has 0 radical (unpaired) electrons. The van der Waals surface area contributed by atoms with Crippen LogP contribution in [0, 0.1) is 12.7 Å².